The molecule has 0 spiro atoms. The van der Waals surface area contributed by atoms with Gasteiger partial charge in [-0.05, 0) is 37.3 Å². The van der Waals surface area contributed by atoms with Gasteiger partial charge < -0.3 is 9.84 Å². The zero-order valence-corrected chi connectivity index (χ0v) is 16.4. The van der Waals surface area contributed by atoms with Crippen molar-refractivity contribution in [1.29, 1.82) is 0 Å². The Morgan fingerprint density at radius 1 is 1.26 bits per heavy atom. The van der Waals surface area contributed by atoms with Gasteiger partial charge in [-0.1, -0.05) is 36.3 Å². The molecule has 146 valence electrons. The highest BCUT2D eigenvalue weighted by atomic mass is 16.5. The molecule has 1 fully saturated rings. The highest BCUT2D eigenvalue weighted by Crippen LogP contribution is 2.16. The zero-order valence-electron chi connectivity index (χ0n) is 16.4. The van der Waals surface area contributed by atoms with E-state index >= 15 is 0 Å². The summed E-state index contributed by atoms with van der Waals surface area (Å²) in [5, 5.41) is 7.09. The average Bonchev–Trinajstić information content (AvgIpc) is 3.11. The number of carbonyl (C=O) groups is 1. The van der Waals surface area contributed by atoms with E-state index in [1.165, 1.54) is 11.1 Å². The quantitative estimate of drug-likeness (QED) is 0.773. The summed E-state index contributed by atoms with van der Waals surface area (Å²) in [4.78, 5) is 19.0. The normalized spacial score (nSPS) is 15.8. The molecule has 0 atom stereocenters. The van der Waals surface area contributed by atoms with Crippen molar-refractivity contribution in [1.82, 2.24) is 20.4 Å². The maximum atomic E-state index is 12.2. The summed E-state index contributed by atoms with van der Waals surface area (Å²) in [7, 11) is 0. The van der Waals surface area contributed by atoms with Crippen molar-refractivity contribution in [2.75, 3.05) is 13.1 Å². The van der Waals surface area contributed by atoms with Crippen LogP contribution >= 0.6 is 0 Å². The molecule has 1 saturated heterocycles. The zero-order chi connectivity index (χ0) is 19.1. The molecule has 6 heteroatoms. The van der Waals surface area contributed by atoms with Crippen LogP contribution < -0.4 is 5.32 Å². The molecule has 0 aliphatic carbocycles. The van der Waals surface area contributed by atoms with Crippen LogP contribution in [0.25, 0.3) is 0 Å². The molecule has 0 unspecified atom stereocenters. The highest BCUT2D eigenvalue weighted by Gasteiger charge is 2.21. The number of aromatic nitrogens is 2. The number of hydrogen-bond donors (Lipinski definition) is 1. The van der Waals surface area contributed by atoms with E-state index in [9.17, 15) is 4.79 Å². The van der Waals surface area contributed by atoms with Crippen LogP contribution in [0.3, 0.4) is 0 Å². The van der Waals surface area contributed by atoms with Crippen molar-refractivity contribution in [3.8, 4) is 0 Å². The van der Waals surface area contributed by atoms with Crippen LogP contribution in [-0.2, 0) is 24.2 Å². The summed E-state index contributed by atoms with van der Waals surface area (Å²) in [5.74, 6) is 1.36. The third-order valence-electron chi connectivity index (χ3n) is 5.16. The van der Waals surface area contributed by atoms with Gasteiger partial charge in [-0.2, -0.15) is 4.98 Å². The second-order valence-electron chi connectivity index (χ2n) is 7.40. The van der Waals surface area contributed by atoms with Gasteiger partial charge in [0.25, 0.3) is 0 Å². The Morgan fingerprint density at radius 2 is 2.04 bits per heavy atom. The first-order chi connectivity index (χ1) is 13.1. The molecule has 2 heterocycles. The fraction of sp³-hybridized carbons (Fsp3) is 0.571. The third kappa shape index (κ3) is 5.89. The molecular formula is C21H30N4O2. The Kier molecular flexibility index (Phi) is 6.98. The van der Waals surface area contributed by atoms with E-state index in [1.807, 2.05) is 0 Å². The van der Waals surface area contributed by atoms with Crippen molar-refractivity contribution >= 4 is 5.91 Å². The lowest BCUT2D eigenvalue weighted by atomic mass is 10.0. The first-order valence-corrected chi connectivity index (χ1v) is 10.0. The van der Waals surface area contributed by atoms with E-state index in [0.29, 0.717) is 18.7 Å². The number of benzene rings is 1. The van der Waals surface area contributed by atoms with Crippen molar-refractivity contribution in [2.45, 2.75) is 65.0 Å². The summed E-state index contributed by atoms with van der Waals surface area (Å²) in [6.45, 7) is 7.27. The van der Waals surface area contributed by atoms with Gasteiger partial charge in [0, 0.05) is 44.9 Å². The first kappa shape index (κ1) is 19.5. The fourth-order valence-electron chi connectivity index (χ4n) is 3.50. The molecule has 2 aromatic rings. The van der Waals surface area contributed by atoms with Gasteiger partial charge in [0.1, 0.15) is 0 Å². The largest absolute Gasteiger partial charge is 0.353 e. The molecule has 6 nitrogen and oxygen atoms in total. The van der Waals surface area contributed by atoms with Crippen LogP contribution in [-0.4, -0.2) is 40.1 Å². The molecule has 1 amide bonds. The maximum Gasteiger partial charge on any atom is 0.227 e. The smallest absolute Gasteiger partial charge is 0.227 e. The van der Waals surface area contributed by atoms with Crippen LogP contribution in [0.1, 0.15) is 55.4 Å². The molecule has 3 rings (SSSR count). The number of aryl methyl sites for hydroxylation is 3. The lowest BCUT2D eigenvalue weighted by molar-refractivity contribution is -0.122. The van der Waals surface area contributed by atoms with Gasteiger partial charge in [0.2, 0.25) is 11.8 Å². The average molecular weight is 370 g/mol. The first-order valence-electron chi connectivity index (χ1n) is 10.0. The summed E-state index contributed by atoms with van der Waals surface area (Å²) in [6.07, 6.45) is 4.71. The third-order valence-corrected chi connectivity index (χ3v) is 5.16. The number of rotatable bonds is 8. The van der Waals surface area contributed by atoms with Gasteiger partial charge in [0.05, 0.1) is 0 Å². The van der Waals surface area contributed by atoms with E-state index < -0.39 is 0 Å². The van der Waals surface area contributed by atoms with Gasteiger partial charge >= 0.3 is 0 Å². The van der Waals surface area contributed by atoms with Crippen LogP contribution in [0, 0.1) is 6.92 Å². The van der Waals surface area contributed by atoms with Crippen molar-refractivity contribution < 1.29 is 9.32 Å². The van der Waals surface area contributed by atoms with Crippen LogP contribution in [0.4, 0.5) is 0 Å². The molecule has 0 radical (unpaired) electrons. The second-order valence-corrected chi connectivity index (χ2v) is 7.40. The Balaban J connectivity index is 1.37. The molecule has 0 bridgehead atoms. The van der Waals surface area contributed by atoms with Crippen LogP contribution in [0.15, 0.2) is 28.8 Å². The number of nitrogens with zero attached hydrogens (tertiary/aromatic N) is 3. The van der Waals surface area contributed by atoms with E-state index in [2.05, 4.69) is 58.5 Å². The standard InChI is InChI=1S/C21H30N4O2/c1-3-6-19-23-21(27-24-19)10-9-20(26)22-18-11-13-25(14-12-18)15-17-8-5-4-7-16(17)2/h4-5,7-8,18H,3,6,9-15H2,1-2H3,(H,22,26). The molecule has 1 aliphatic heterocycles. The number of nitrogens with one attached hydrogen (secondary N) is 1. The minimum absolute atomic E-state index is 0.0718. The molecule has 1 aromatic heterocycles. The van der Waals surface area contributed by atoms with E-state index in [4.69, 9.17) is 4.52 Å². The van der Waals surface area contributed by atoms with E-state index in [0.717, 1.165) is 51.1 Å². The number of likely N-dealkylation sites (tertiary alicyclic amines) is 1. The van der Waals surface area contributed by atoms with Gasteiger partial charge in [-0.25, -0.2) is 0 Å². The summed E-state index contributed by atoms with van der Waals surface area (Å²) in [6, 6.07) is 8.82. The lowest BCUT2D eigenvalue weighted by Crippen LogP contribution is -2.44. The Bertz CT molecular complexity index is 735. The Morgan fingerprint density at radius 3 is 2.78 bits per heavy atom. The molecule has 0 saturated carbocycles. The van der Waals surface area contributed by atoms with Crippen LogP contribution in [0.5, 0.6) is 0 Å². The summed E-state index contributed by atoms with van der Waals surface area (Å²) in [5.41, 5.74) is 2.73. The molecule has 1 aliphatic rings. The van der Waals surface area contributed by atoms with Gasteiger partial charge in [-0.3, -0.25) is 9.69 Å². The Labute approximate surface area is 161 Å². The number of amides is 1. The predicted octanol–water partition coefficient (Wildman–Crippen LogP) is 3.04. The molecular weight excluding hydrogens is 340 g/mol. The summed E-state index contributed by atoms with van der Waals surface area (Å²) >= 11 is 0. The molecule has 1 N–H and O–H groups in total. The van der Waals surface area contributed by atoms with E-state index in [1.54, 1.807) is 0 Å². The summed E-state index contributed by atoms with van der Waals surface area (Å²) < 4.78 is 5.19. The fourth-order valence-corrected chi connectivity index (χ4v) is 3.50. The number of carbonyl (C=O) groups excluding carboxylic acids is 1. The minimum atomic E-state index is 0.0718. The van der Waals surface area contributed by atoms with Crippen molar-refractivity contribution in [2.24, 2.45) is 0 Å². The monoisotopic (exact) mass is 370 g/mol. The second kappa shape index (κ2) is 9.65. The molecule has 27 heavy (non-hydrogen) atoms. The number of hydrogen-bond acceptors (Lipinski definition) is 5. The highest BCUT2D eigenvalue weighted by molar-refractivity contribution is 5.76. The van der Waals surface area contributed by atoms with Gasteiger partial charge in [-0.15, -0.1) is 0 Å². The van der Waals surface area contributed by atoms with Crippen LogP contribution in [0.2, 0.25) is 0 Å². The maximum absolute atomic E-state index is 12.2. The Hall–Kier alpha value is -2.21. The minimum Gasteiger partial charge on any atom is -0.353 e. The van der Waals surface area contributed by atoms with Crippen molar-refractivity contribution in [3.63, 3.8) is 0 Å². The topological polar surface area (TPSA) is 71.3 Å². The predicted molar refractivity (Wildman–Crippen MR) is 104 cm³/mol. The number of piperidine rings is 1. The van der Waals surface area contributed by atoms with Crippen molar-refractivity contribution in [3.05, 3.63) is 47.1 Å². The molecule has 1 aromatic carbocycles. The lowest BCUT2D eigenvalue weighted by Gasteiger charge is -2.32. The van der Waals surface area contributed by atoms with Gasteiger partial charge in [0.15, 0.2) is 5.82 Å². The van der Waals surface area contributed by atoms with E-state index in [-0.39, 0.29) is 11.9 Å². The SMILES string of the molecule is CCCc1noc(CCC(=O)NC2CCN(Cc3ccccc3C)CC2)n1.